The number of thiophene rings is 1. The third kappa shape index (κ3) is 23.4. The third-order valence-corrected chi connectivity index (χ3v) is 5.25. The van der Waals surface area contributed by atoms with Crippen molar-refractivity contribution in [3.63, 3.8) is 0 Å². The normalized spacial score (nSPS) is 10.5. The molecule has 0 bridgehead atoms. The van der Waals surface area contributed by atoms with E-state index in [-0.39, 0.29) is 11.7 Å². The van der Waals surface area contributed by atoms with Gasteiger partial charge in [-0.25, -0.2) is 4.89 Å². The van der Waals surface area contributed by atoms with Crippen LogP contribution in [0, 0.1) is 5.92 Å². The van der Waals surface area contributed by atoms with Gasteiger partial charge in [0.2, 0.25) is 0 Å². The number of carbonyl (C=O) groups excluding carboxylic acids is 1. The standard InChI is InChI=1S/C10H15ClO.C7H11NS.C3H8O2S.C2H6/c1-4-5-6-10(9(3)12)7-8(2)11;1-3-6-4-5-7(8-2)9-6;1-2-6-3-5-4;1-2/h5-6,10H,2,4,7H2,1,3H3;4-5,8H,3H2,1-2H3;4H,2-3H2,1H3;1-2H3/b6-5-;;;. The Labute approximate surface area is 191 Å². The molecule has 0 saturated carbocycles. The molecule has 0 fully saturated rings. The first-order chi connectivity index (χ1) is 13.9. The second-order valence-corrected chi connectivity index (χ2v) is 8.31. The van der Waals surface area contributed by atoms with Crippen LogP contribution in [0.25, 0.3) is 0 Å². The summed E-state index contributed by atoms with van der Waals surface area (Å²) < 4.78 is 0. The molecule has 1 aromatic heterocycles. The van der Waals surface area contributed by atoms with Gasteiger partial charge in [0.1, 0.15) is 11.7 Å². The quantitative estimate of drug-likeness (QED) is 0.121. The Morgan fingerprint density at radius 1 is 1.38 bits per heavy atom. The van der Waals surface area contributed by atoms with Crippen LogP contribution in [0.2, 0.25) is 0 Å². The number of hydrogen-bond donors (Lipinski definition) is 2. The Morgan fingerprint density at radius 3 is 2.28 bits per heavy atom. The summed E-state index contributed by atoms with van der Waals surface area (Å²) in [4.78, 5) is 16.2. The molecule has 0 aliphatic rings. The van der Waals surface area contributed by atoms with Crippen LogP contribution in [0.1, 0.15) is 59.3 Å². The lowest BCUT2D eigenvalue weighted by molar-refractivity contribution is -0.222. The summed E-state index contributed by atoms with van der Waals surface area (Å²) in [5.74, 6) is 1.42. The zero-order chi connectivity index (χ0) is 23.1. The van der Waals surface area contributed by atoms with Gasteiger partial charge in [0.15, 0.2) is 0 Å². The Balaban J connectivity index is -0.000000351. The number of rotatable bonds is 10. The molecule has 1 heterocycles. The fourth-order valence-electron chi connectivity index (χ4n) is 1.71. The molecule has 1 aromatic rings. The number of carbonyl (C=O) groups is 1. The molecular formula is C22H40ClNO3S2. The van der Waals surface area contributed by atoms with E-state index in [0.29, 0.717) is 17.4 Å². The average molecular weight is 466 g/mol. The first-order valence-electron chi connectivity index (χ1n) is 9.96. The Bertz CT molecular complexity index is 511. The van der Waals surface area contributed by atoms with Crippen molar-refractivity contribution in [2.45, 2.75) is 60.8 Å². The molecule has 7 heteroatoms. The summed E-state index contributed by atoms with van der Waals surface area (Å²) >= 11 is 8.97. The summed E-state index contributed by atoms with van der Waals surface area (Å²) in [6.45, 7) is 15.3. The molecule has 1 atom stereocenters. The minimum absolute atomic E-state index is 0.0880. The molecular weight excluding hydrogens is 426 g/mol. The molecule has 0 aliphatic heterocycles. The highest BCUT2D eigenvalue weighted by molar-refractivity contribution is 7.99. The maximum Gasteiger partial charge on any atom is 0.137 e. The van der Waals surface area contributed by atoms with Gasteiger partial charge in [-0.05, 0) is 44.1 Å². The van der Waals surface area contributed by atoms with Crippen LogP contribution < -0.4 is 5.32 Å². The highest BCUT2D eigenvalue weighted by Crippen LogP contribution is 2.20. The van der Waals surface area contributed by atoms with E-state index in [1.165, 1.54) is 21.6 Å². The maximum atomic E-state index is 11.0. The van der Waals surface area contributed by atoms with Crippen molar-refractivity contribution in [1.29, 1.82) is 0 Å². The predicted octanol–water partition coefficient (Wildman–Crippen LogP) is 7.87. The summed E-state index contributed by atoms with van der Waals surface area (Å²) in [6, 6.07) is 4.28. The van der Waals surface area contributed by atoms with Crippen LogP contribution in [-0.4, -0.2) is 29.8 Å². The third-order valence-electron chi connectivity index (χ3n) is 3.16. The SMILES string of the molecule is C=C(Cl)CC(/C=C\CC)C(C)=O.CC.CCSCOO.CCc1ccc(NC)s1. The van der Waals surface area contributed by atoms with Gasteiger partial charge >= 0.3 is 0 Å². The maximum absolute atomic E-state index is 11.0. The molecule has 170 valence electrons. The lowest BCUT2D eigenvalue weighted by atomic mass is 10.0. The summed E-state index contributed by atoms with van der Waals surface area (Å²) in [5.41, 5.74) is 0. The van der Waals surface area contributed by atoms with Gasteiger partial charge in [-0.3, -0.25) is 10.1 Å². The molecule has 0 spiro atoms. The average Bonchev–Trinajstić information content (AvgIpc) is 3.20. The zero-order valence-corrected chi connectivity index (χ0v) is 21.5. The van der Waals surface area contributed by atoms with E-state index >= 15 is 0 Å². The number of thioether (sulfide) groups is 1. The van der Waals surface area contributed by atoms with Gasteiger partial charge in [-0.1, -0.05) is 65.0 Å². The van der Waals surface area contributed by atoms with Crippen molar-refractivity contribution < 1.29 is 14.9 Å². The molecule has 0 saturated heterocycles. The first kappa shape index (κ1) is 32.9. The van der Waals surface area contributed by atoms with Crippen molar-refractivity contribution >= 4 is 45.5 Å². The van der Waals surface area contributed by atoms with Gasteiger partial charge in [0, 0.05) is 22.9 Å². The van der Waals surface area contributed by atoms with Crippen LogP contribution in [0.5, 0.6) is 0 Å². The highest BCUT2D eigenvalue weighted by atomic mass is 35.5. The Morgan fingerprint density at radius 2 is 2.00 bits per heavy atom. The molecule has 2 N–H and O–H groups in total. The van der Waals surface area contributed by atoms with Gasteiger partial charge in [-0.15, -0.1) is 23.1 Å². The molecule has 1 rings (SSSR count). The molecule has 4 nitrogen and oxygen atoms in total. The van der Waals surface area contributed by atoms with Crippen molar-refractivity contribution in [2.75, 3.05) is 24.1 Å². The second-order valence-electron chi connectivity index (χ2n) is 5.38. The van der Waals surface area contributed by atoms with Crippen molar-refractivity contribution in [1.82, 2.24) is 0 Å². The van der Waals surface area contributed by atoms with Gasteiger partial charge in [-0.2, -0.15) is 0 Å². The molecule has 0 amide bonds. The van der Waals surface area contributed by atoms with Crippen LogP contribution in [-0.2, 0) is 16.1 Å². The number of nitrogens with one attached hydrogen (secondary N) is 1. The predicted molar refractivity (Wildman–Crippen MR) is 135 cm³/mol. The number of anilines is 1. The van der Waals surface area contributed by atoms with Gasteiger partial charge in [0.25, 0.3) is 0 Å². The molecule has 0 aromatic carbocycles. The highest BCUT2D eigenvalue weighted by Gasteiger charge is 2.10. The summed E-state index contributed by atoms with van der Waals surface area (Å²) in [7, 11) is 1.95. The fourth-order valence-corrected chi connectivity index (χ4v) is 2.92. The zero-order valence-electron chi connectivity index (χ0n) is 19.1. The molecule has 1 unspecified atom stereocenters. The van der Waals surface area contributed by atoms with Crippen LogP contribution in [0.15, 0.2) is 35.9 Å². The molecule has 29 heavy (non-hydrogen) atoms. The van der Waals surface area contributed by atoms with Crippen molar-refractivity contribution in [3.8, 4) is 0 Å². The number of Topliss-reactive ketones (excluding diaryl/α,β-unsaturated/α-hetero) is 1. The Kier molecular flexibility index (Phi) is 28.6. The number of allylic oxidation sites excluding steroid dienone is 3. The Hall–Kier alpha value is -0.790. The lowest BCUT2D eigenvalue weighted by Crippen LogP contribution is -2.07. The monoisotopic (exact) mass is 465 g/mol. The van der Waals surface area contributed by atoms with Crippen LogP contribution in [0.3, 0.4) is 0 Å². The molecule has 0 radical (unpaired) electrons. The van der Waals surface area contributed by atoms with Crippen LogP contribution in [0.4, 0.5) is 5.00 Å². The topological polar surface area (TPSA) is 58.6 Å². The van der Waals surface area contributed by atoms with Gasteiger partial charge in [0.05, 0.1) is 5.00 Å². The first-order valence-corrected chi connectivity index (χ1v) is 12.3. The van der Waals surface area contributed by atoms with E-state index in [9.17, 15) is 4.79 Å². The van der Waals surface area contributed by atoms with E-state index in [1.807, 2.05) is 58.2 Å². The summed E-state index contributed by atoms with van der Waals surface area (Å²) in [6.07, 6.45) is 6.51. The van der Waals surface area contributed by atoms with Gasteiger partial charge < -0.3 is 5.32 Å². The second kappa shape index (κ2) is 25.2. The van der Waals surface area contributed by atoms with E-state index in [4.69, 9.17) is 16.9 Å². The largest absolute Gasteiger partial charge is 0.380 e. The number of hydrogen-bond acceptors (Lipinski definition) is 6. The number of aryl methyl sites for hydroxylation is 1. The minimum atomic E-state index is -0.0880. The smallest absolute Gasteiger partial charge is 0.137 e. The summed E-state index contributed by atoms with van der Waals surface area (Å²) in [5, 5.41) is 12.6. The van der Waals surface area contributed by atoms with E-state index in [2.05, 4.69) is 35.8 Å². The molecule has 0 aliphatic carbocycles. The van der Waals surface area contributed by atoms with Crippen molar-refractivity contribution in [3.05, 3.63) is 40.8 Å². The van der Waals surface area contributed by atoms with E-state index < -0.39 is 0 Å². The van der Waals surface area contributed by atoms with Crippen LogP contribution >= 0.6 is 34.7 Å². The number of ketones is 1. The lowest BCUT2D eigenvalue weighted by Gasteiger charge is -2.06. The number of halogens is 1. The van der Waals surface area contributed by atoms with Crippen molar-refractivity contribution in [2.24, 2.45) is 5.92 Å². The van der Waals surface area contributed by atoms with E-state index in [0.717, 1.165) is 18.6 Å². The fraction of sp³-hybridized carbons (Fsp3) is 0.591. The van der Waals surface area contributed by atoms with E-state index in [1.54, 1.807) is 6.92 Å². The minimum Gasteiger partial charge on any atom is -0.380 e.